The number of carbonyl (C=O) groups is 3. The van der Waals surface area contributed by atoms with Crippen molar-refractivity contribution in [1.82, 2.24) is 15.3 Å². The third-order valence-electron chi connectivity index (χ3n) is 5.35. The summed E-state index contributed by atoms with van der Waals surface area (Å²) in [5, 5.41) is 5.94. The molecule has 0 spiro atoms. The van der Waals surface area contributed by atoms with Gasteiger partial charge in [-0.3, -0.25) is 9.59 Å². The van der Waals surface area contributed by atoms with Gasteiger partial charge in [0.1, 0.15) is 5.01 Å². The Kier molecular flexibility index (Phi) is 6.15. The summed E-state index contributed by atoms with van der Waals surface area (Å²) in [7, 11) is -3.96. The van der Waals surface area contributed by atoms with Crippen LogP contribution in [0.2, 0.25) is 0 Å². The van der Waals surface area contributed by atoms with E-state index in [0.717, 1.165) is 4.88 Å². The maximum atomic E-state index is 13.1. The topological polar surface area (TPSA) is 170 Å². The zero-order valence-corrected chi connectivity index (χ0v) is 20.4. The molecule has 1 aliphatic heterocycles. The summed E-state index contributed by atoms with van der Waals surface area (Å²) in [5.74, 6) is -0.832. The van der Waals surface area contributed by atoms with Crippen LogP contribution in [0, 0.1) is 0 Å². The van der Waals surface area contributed by atoms with Crippen molar-refractivity contribution in [2.75, 3.05) is 5.32 Å². The largest absolute Gasteiger partial charge is 0.410 e. The van der Waals surface area contributed by atoms with Crippen LogP contribution < -0.4 is 21.1 Å². The summed E-state index contributed by atoms with van der Waals surface area (Å²) in [6.07, 6.45) is 2.00. The van der Waals surface area contributed by atoms with Crippen LogP contribution in [-0.2, 0) is 16.4 Å². The molecule has 2 aromatic carbocycles. The first-order chi connectivity index (χ1) is 17.7. The maximum absolute atomic E-state index is 13.1. The van der Waals surface area contributed by atoms with Crippen molar-refractivity contribution in [1.29, 1.82) is 0 Å². The fourth-order valence-corrected chi connectivity index (χ4v) is 6.08. The minimum Gasteiger partial charge on any atom is -0.409 e. The number of fused-ring (bicyclic) bond motifs is 2. The van der Waals surface area contributed by atoms with Crippen LogP contribution in [0.1, 0.15) is 25.6 Å². The number of ether oxygens (including phenoxy) is 1. The number of nitrogens with zero attached hydrogens (tertiary/aromatic N) is 2. The van der Waals surface area contributed by atoms with E-state index in [4.69, 9.17) is 10.5 Å². The lowest BCUT2D eigenvalue weighted by Gasteiger charge is -2.10. The average molecular weight is 536 g/mol. The molecule has 2 aromatic heterocycles. The van der Waals surface area contributed by atoms with Gasteiger partial charge in [0, 0.05) is 16.6 Å². The van der Waals surface area contributed by atoms with Crippen molar-refractivity contribution >= 4 is 44.8 Å². The van der Waals surface area contributed by atoms with Gasteiger partial charge in [0.15, 0.2) is 5.75 Å². The zero-order valence-electron chi connectivity index (χ0n) is 18.8. The van der Waals surface area contributed by atoms with Gasteiger partial charge in [0.2, 0.25) is 9.84 Å². The van der Waals surface area contributed by atoms with Gasteiger partial charge in [0.05, 0.1) is 39.5 Å². The summed E-state index contributed by atoms with van der Waals surface area (Å²) in [5.41, 5.74) is 5.76. The van der Waals surface area contributed by atoms with E-state index >= 15 is 0 Å². The van der Waals surface area contributed by atoms with Gasteiger partial charge < -0.3 is 21.1 Å². The number of sulfone groups is 1. The van der Waals surface area contributed by atoms with E-state index in [-0.39, 0.29) is 38.9 Å². The number of hydrogen-bond donors (Lipinski definition) is 3. The molecule has 11 nitrogen and oxygen atoms in total. The number of carbonyl (C=O) groups excluding carboxylic acids is 3. The number of rotatable bonds is 5. The van der Waals surface area contributed by atoms with Gasteiger partial charge in [-0.1, -0.05) is 12.1 Å². The molecule has 0 radical (unpaired) electrons. The predicted octanol–water partition coefficient (Wildman–Crippen LogP) is 2.99. The molecule has 13 heteroatoms. The number of anilines is 1. The Balaban J connectivity index is 1.30. The van der Waals surface area contributed by atoms with Crippen LogP contribution >= 0.6 is 11.3 Å². The first-order valence-corrected chi connectivity index (χ1v) is 13.0. The van der Waals surface area contributed by atoms with Crippen LogP contribution in [-0.4, -0.2) is 36.3 Å². The van der Waals surface area contributed by atoms with Crippen LogP contribution in [0.3, 0.4) is 0 Å². The number of nitrogens with two attached hydrogens (primary N) is 1. The maximum Gasteiger partial charge on any atom is 0.410 e. The minimum absolute atomic E-state index is 0.0313. The van der Waals surface area contributed by atoms with E-state index < -0.39 is 27.7 Å². The molecular weight excluding hydrogens is 518 g/mol. The van der Waals surface area contributed by atoms with E-state index in [0.29, 0.717) is 10.7 Å². The Bertz CT molecular complexity index is 1670. The van der Waals surface area contributed by atoms with Crippen molar-refractivity contribution in [3.63, 3.8) is 0 Å². The van der Waals surface area contributed by atoms with Crippen molar-refractivity contribution in [2.45, 2.75) is 16.3 Å². The third-order valence-corrected chi connectivity index (χ3v) is 8.24. The van der Waals surface area contributed by atoms with Gasteiger partial charge in [-0.15, -0.1) is 11.3 Å². The van der Waals surface area contributed by atoms with Gasteiger partial charge in [-0.2, -0.15) is 0 Å². The molecule has 3 heterocycles. The monoisotopic (exact) mass is 535 g/mol. The molecule has 3 amide bonds. The highest BCUT2D eigenvalue weighted by atomic mass is 32.2. The van der Waals surface area contributed by atoms with Crippen molar-refractivity contribution < 1.29 is 27.5 Å². The second-order valence-electron chi connectivity index (χ2n) is 7.78. The van der Waals surface area contributed by atoms with E-state index in [2.05, 4.69) is 20.6 Å². The molecule has 0 atom stereocenters. The summed E-state index contributed by atoms with van der Waals surface area (Å²) in [6, 6.07) is 13.1. The standard InChI is InChI=1S/C24H17N5O6S2/c25-24(32)35-14-6-7-17(26-10-14)23-28-12-15(36-23)11-27-21(30)13-5-8-20-18(9-13)29-22(31)16-3-1-2-4-19(16)37(20,33)34/h1-10,12H,11H2,(H2,25,32)(H,27,30)(H,29,31). The molecule has 0 aliphatic carbocycles. The van der Waals surface area contributed by atoms with Gasteiger partial charge in [0.25, 0.3) is 11.8 Å². The van der Waals surface area contributed by atoms with Crippen LogP contribution in [0.4, 0.5) is 10.5 Å². The SMILES string of the molecule is NC(=O)Oc1ccc(-c2ncc(CNC(=O)c3ccc4c(c3)NC(=O)c3ccccc3S4(=O)=O)s2)nc1. The highest BCUT2D eigenvalue weighted by Gasteiger charge is 2.31. The zero-order chi connectivity index (χ0) is 26.2. The Labute approximate surface area is 214 Å². The molecule has 0 saturated heterocycles. The van der Waals surface area contributed by atoms with Crippen LogP contribution in [0.15, 0.2) is 76.8 Å². The highest BCUT2D eigenvalue weighted by Crippen LogP contribution is 2.34. The fourth-order valence-electron chi connectivity index (χ4n) is 3.66. The number of aromatic nitrogens is 2. The molecule has 0 bridgehead atoms. The molecule has 0 fully saturated rings. The number of thiazole rings is 1. The number of amides is 3. The lowest BCUT2D eigenvalue weighted by molar-refractivity contribution is 0.0949. The lowest BCUT2D eigenvalue weighted by Crippen LogP contribution is -2.22. The molecule has 0 unspecified atom stereocenters. The van der Waals surface area contributed by atoms with E-state index in [9.17, 15) is 22.8 Å². The lowest BCUT2D eigenvalue weighted by atomic mass is 10.1. The molecule has 186 valence electrons. The van der Waals surface area contributed by atoms with Gasteiger partial charge in [-0.25, -0.2) is 23.2 Å². The average Bonchev–Trinajstić information content (AvgIpc) is 3.33. The number of benzene rings is 2. The molecule has 1 aliphatic rings. The first kappa shape index (κ1) is 24.1. The molecular formula is C24H17N5O6S2. The summed E-state index contributed by atoms with van der Waals surface area (Å²) in [6.45, 7) is 0.159. The highest BCUT2D eigenvalue weighted by molar-refractivity contribution is 7.91. The molecule has 4 aromatic rings. The van der Waals surface area contributed by atoms with E-state index in [1.54, 1.807) is 24.4 Å². The number of hydrogen-bond acceptors (Lipinski definition) is 9. The normalized spacial score (nSPS) is 13.5. The van der Waals surface area contributed by atoms with Crippen molar-refractivity contribution in [3.05, 3.63) is 83.0 Å². The second kappa shape index (κ2) is 9.44. The number of primary amides is 1. The fraction of sp³-hybridized carbons (Fsp3) is 0.0417. The summed E-state index contributed by atoms with van der Waals surface area (Å²) >= 11 is 1.30. The second-order valence-corrected chi connectivity index (χ2v) is 10.8. The Hall–Kier alpha value is -4.62. The first-order valence-electron chi connectivity index (χ1n) is 10.7. The van der Waals surface area contributed by atoms with Gasteiger partial charge >= 0.3 is 6.09 Å². The number of nitrogens with one attached hydrogen (secondary N) is 2. The molecule has 37 heavy (non-hydrogen) atoms. The van der Waals surface area contributed by atoms with Gasteiger partial charge in [-0.05, 0) is 42.5 Å². The Morgan fingerprint density at radius 2 is 1.84 bits per heavy atom. The molecule has 4 N–H and O–H groups in total. The Morgan fingerprint density at radius 1 is 1.03 bits per heavy atom. The van der Waals surface area contributed by atoms with Crippen molar-refractivity contribution in [2.24, 2.45) is 5.73 Å². The summed E-state index contributed by atoms with van der Waals surface area (Å²) < 4.78 is 31.0. The quantitative estimate of drug-likeness (QED) is 0.350. The number of pyridine rings is 1. The predicted molar refractivity (Wildman–Crippen MR) is 133 cm³/mol. The van der Waals surface area contributed by atoms with Crippen LogP contribution in [0.5, 0.6) is 5.75 Å². The molecule has 0 saturated carbocycles. The van der Waals surface area contributed by atoms with Crippen molar-refractivity contribution in [3.8, 4) is 16.5 Å². The third kappa shape index (κ3) is 4.77. The van der Waals surface area contributed by atoms with Crippen LogP contribution in [0.25, 0.3) is 10.7 Å². The van der Waals surface area contributed by atoms with E-state index in [1.165, 1.54) is 53.9 Å². The van der Waals surface area contributed by atoms with E-state index in [1.807, 2.05) is 0 Å². The molecule has 5 rings (SSSR count). The Morgan fingerprint density at radius 3 is 2.59 bits per heavy atom. The smallest absolute Gasteiger partial charge is 0.409 e. The minimum atomic E-state index is -3.96. The summed E-state index contributed by atoms with van der Waals surface area (Å²) in [4.78, 5) is 45.3.